The Morgan fingerprint density at radius 3 is 1.94 bits per heavy atom. The summed E-state index contributed by atoms with van der Waals surface area (Å²) in [4.78, 5) is 30.0. The van der Waals surface area contributed by atoms with Crippen molar-refractivity contribution in [2.45, 2.75) is 6.92 Å². The van der Waals surface area contributed by atoms with E-state index >= 15 is 0 Å². The maximum Gasteiger partial charge on any atom is 0.455 e. The highest BCUT2D eigenvalue weighted by Gasteiger charge is 2.45. The molecule has 2 amide bonds. The van der Waals surface area contributed by atoms with Gasteiger partial charge in [0.05, 0.1) is 18.8 Å². The fraction of sp³-hybridized carbons (Fsp3) is 0.348. The van der Waals surface area contributed by atoms with Gasteiger partial charge in [-0.3, -0.25) is 0 Å². The Balaban J connectivity index is 1.39. The first-order valence-corrected chi connectivity index (χ1v) is 10.7. The number of benzene rings is 2. The first-order valence-electron chi connectivity index (χ1n) is 10.7. The van der Waals surface area contributed by atoms with E-state index in [1.807, 2.05) is 36.4 Å². The number of aliphatic carboxylic acids is 1. The van der Waals surface area contributed by atoms with Crippen molar-refractivity contribution < 1.29 is 24.0 Å². The maximum atomic E-state index is 12.9. The highest BCUT2D eigenvalue weighted by molar-refractivity contribution is 6.07. The molecule has 1 unspecified atom stereocenters. The standard InChI is InChI=1S/C23H27N5O4/c1-3-28(16-22(29)30)23(31)27(17-24-28)20-6-4-18(5-7-20)25-12-14-26(15-13-25)19-8-10-21(32-2)11-9-19/h4-11,17H,3,12-16H2,1-2H3. The third kappa shape index (κ3) is 4.11. The molecule has 32 heavy (non-hydrogen) atoms. The van der Waals surface area contributed by atoms with Crippen LogP contribution >= 0.6 is 0 Å². The quantitative estimate of drug-likeness (QED) is 0.610. The number of hydrogen-bond donors (Lipinski definition) is 0. The maximum absolute atomic E-state index is 12.9. The van der Waals surface area contributed by atoms with E-state index in [2.05, 4.69) is 27.0 Å². The Kier molecular flexibility index (Phi) is 6.00. The molecular weight excluding hydrogens is 410 g/mol. The number of anilines is 3. The number of amides is 2. The van der Waals surface area contributed by atoms with Crippen LogP contribution in [-0.4, -0.2) is 69.3 Å². The number of urea groups is 1. The Bertz CT molecular complexity index is 1000. The van der Waals surface area contributed by atoms with E-state index in [-0.39, 0.29) is 6.54 Å². The molecule has 2 aliphatic rings. The highest BCUT2D eigenvalue weighted by atomic mass is 16.5. The Labute approximate surface area is 187 Å². The van der Waals surface area contributed by atoms with Crippen LogP contribution in [-0.2, 0) is 4.79 Å². The fourth-order valence-electron chi connectivity index (χ4n) is 4.12. The van der Waals surface area contributed by atoms with Crippen LogP contribution in [0, 0.1) is 0 Å². The van der Waals surface area contributed by atoms with Gasteiger partial charge in [-0.05, 0) is 55.5 Å². The number of ether oxygens (including phenoxy) is 1. The van der Waals surface area contributed by atoms with E-state index < -0.39 is 23.1 Å². The molecule has 9 heteroatoms. The predicted molar refractivity (Wildman–Crippen MR) is 121 cm³/mol. The molecule has 0 saturated carbocycles. The molecule has 0 bridgehead atoms. The number of likely N-dealkylation sites (N-methyl/N-ethyl adjacent to an activating group) is 1. The van der Waals surface area contributed by atoms with E-state index in [9.17, 15) is 14.7 Å². The zero-order valence-corrected chi connectivity index (χ0v) is 18.3. The monoisotopic (exact) mass is 437 g/mol. The van der Waals surface area contributed by atoms with Gasteiger partial charge in [0.15, 0.2) is 12.9 Å². The Hall–Kier alpha value is -3.59. The van der Waals surface area contributed by atoms with E-state index in [0.717, 1.165) is 37.6 Å². The summed E-state index contributed by atoms with van der Waals surface area (Å²) in [6, 6.07) is 15.4. The van der Waals surface area contributed by atoms with Gasteiger partial charge in [-0.25, -0.2) is 9.69 Å². The number of quaternary nitrogens is 1. The topological polar surface area (TPSA) is 88.5 Å². The largest absolute Gasteiger partial charge is 0.544 e. The summed E-state index contributed by atoms with van der Waals surface area (Å²) in [5.74, 6) is -0.452. The van der Waals surface area contributed by atoms with Crippen LogP contribution in [0.15, 0.2) is 53.6 Å². The van der Waals surface area contributed by atoms with Gasteiger partial charge in [-0.1, -0.05) is 5.10 Å². The van der Waals surface area contributed by atoms with Crippen molar-refractivity contribution in [2.75, 3.05) is 61.1 Å². The minimum atomic E-state index is -1.30. The third-order valence-electron chi connectivity index (χ3n) is 6.07. The molecule has 1 saturated heterocycles. The number of nitrogens with zero attached hydrogens (tertiary/aromatic N) is 5. The normalized spacial score (nSPS) is 20.7. The molecular formula is C23H27N5O4. The summed E-state index contributed by atoms with van der Waals surface area (Å²) in [6.45, 7) is 5.09. The molecule has 2 aromatic rings. The van der Waals surface area contributed by atoms with Gasteiger partial charge >= 0.3 is 6.03 Å². The van der Waals surface area contributed by atoms with Gasteiger partial charge in [-0.15, -0.1) is 4.59 Å². The smallest absolute Gasteiger partial charge is 0.455 e. The number of carboxylic acids is 1. The molecule has 2 aliphatic heterocycles. The first-order chi connectivity index (χ1) is 15.5. The van der Waals surface area contributed by atoms with Gasteiger partial charge < -0.3 is 24.4 Å². The molecule has 0 N–H and O–H groups in total. The van der Waals surface area contributed by atoms with Crippen LogP contribution in [0.25, 0.3) is 0 Å². The molecule has 2 heterocycles. The number of hydrogen-bond acceptors (Lipinski definition) is 7. The van der Waals surface area contributed by atoms with Crippen molar-refractivity contribution in [3.05, 3.63) is 48.5 Å². The zero-order valence-electron chi connectivity index (χ0n) is 18.3. The zero-order chi connectivity index (χ0) is 22.7. The Morgan fingerprint density at radius 2 is 1.47 bits per heavy atom. The lowest BCUT2D eigenvalue weighted by Gasteiger charge is -2.37. The number of carbonyl (C=O) groups excluding carboxylic acids is 2. The minimum absolute atomic E-state index is 0.246. The summed E-state index contributed by atoms with van der Waals surface area (Å²) in [5, 5.41) is 15.3. The molecule has 0 aliphatic carbocycles. The molecule has 0 spiro atoms. The summed E-state index contributed by atoms with van der Waals surface area (Å²) < 4.78 is 4.71. The van der Waals surface area contributed by atoms with Crippen molar-refractivity contribution in [2.24, 2.45) is 5.10 Å². The summed E-state index contributed by atoms with van der Waals surface area (Å²) in [6.07, 6.45) is 1.40. The van der Waals surface area contributed by atoms with Crippen LogP contribution in [0.1, 0.15) is 6.92 Å². The van der Waals surface area contributed by atoms with E-state index in [1.165, 1.54) is 16.9 Å². The van der Waals surface area contributed by atoms with Crippen LogP contribution in [0.5, 0.6) is 5.75 Å². The lowest BCUT2D eigenvalue weighted by atomic mass is 10.2. The third-order valence-corrected chi connectivity index (χ3v) is 6.07. The second-order valence-corrected chi connectivity index (χ2v) is 7.84. The van der Waals surface area contributed by atoms with Gasteiger partial charge in [-0.2, -0.15) is 0 Å². The highest BCUT2D eigenvalue weighted by Crippen LogP contribution is 2.28. The minimum Gasteiger partial charge on any atom is -0.544 e. The van der Waals surface area contributed by atoms with Crippen LogP contribution in [0.3, 0.4) is 0 Å². The van der Waals surface area contributed by atoms with E-state index in [1.54, 1.807) is 14.0 Å². The summed E-state index contributed by atoms with van der Waals surface area (Å²) in [5.41, 5.74) is 2.92. The lowest BCUT2D eigenvalue weighted by Crippen LogP contribution is -2.54. The van der Waals surface area contributed by atoms with Crippen molar-refractivity contribution in [1.82, 2.24) is 0 Å². The molecule has 4 rings (SSSR count). The second-order valence-electron chi connectivity index (χ2n) is 7.84. The molecule has 168 valence electrons. The summed E-state index contributed by atoms with van der Waals surface area (Å²) in [7, 11) is 1.67. The number of methoxy groups -OCH3 is 1. The number of piperazine rings is 1. The number of rotatable bonds is 7. The van der Waals surface area contributed by atoms with Crippen LogP contribution < -0.4 is 24.5 Å². The van der Waals surface area contributed by atoms with Crippen molar-refractivity contribution >= 4 is 35.4 Å². The number of carboxylic acid groups (broad SMARTS) is 1. The van der Waals surface area contributed by atoms with Gasteiger partial charge in [0, 0.05) is 37.6 Å². The summed E-state index contributed by atoms with van der Waals surface area (Å²) >= 11 is 0. The van der Waals surface area contributed by atoms with Gasteiger partial charge in [0.25, 0.3) is 0 Å². The van der Waals surface area contributed by atoms with Crippen LogP contribution in [0.4, 0.5) is 21.9 Å². The molecule has 0 aromatic heterocycles. The first kappa shape index (κ1) is 21.6. The van der Waals surface area contributed by atoms with Crippen molar-refractivity contribution in [3.63, 3.8) is 0 Å². The van der Waals surface area contributed by atoms with Gasteiger partial charge in [0.1, 0.15) is 12.3 Å². The molecule has 2 aromatic carbocycles. The predicted octanol–water partition coefficient (Wildman–Crippen LogP) is 1.49. The average molecular weight is 438 g/mol. The van der Waals surface area contributed by atoms with Crippen LogP contribution in [0.2, 0.25) is 0 Å². The molecule has 1 fully saturated rings. The SMILES string of the molecule is CC[N+]1(CC(=O)[O-])N=CN(c2ccc(N3CCN(c4ccc(OC)cc4)CC3)cc2)C1=O. The lowest BCUT2D eigenvalue weighted by molar-refractivity contribution is -0.844. The van der Waals surface area contributed by atoms with Crippen molar-refractivity contribution in [3.8, 4) is 5.75 Å². The van der Waals surface area contributed by atoms with Gasteiger partial charge in [0.2, 0.25) is 0 Å². The van der Waals surface area contributed by atoms with Crippen molar-refractivity contribution in [1.29, 1.82) is 0 Å². The molecule has 0 radical (unpaired) electrons. The van der Waals surface area contributed by atoms with E-state index in [0.29, 0.717) is 5.69 Å². The molecule has 1 atom stereocenters. The number of carbonyl (C=O) groups is 2. The Morgan fingerprint density at radius 1 is 0.969 bits per heavy atom. The fourth-order valence-corrected chi connectivity index (χ4v) is 4.12. The molecule has 9 nitrogen and oxygen atoms in total. The van der Waals surface area contributed by atoms with E-state index in [4.69, 9.17) is 4.74 Å². The average Bonchev–Trinajstić information content (AvgIpc) is 3.15. The second kappa shape index (κ2) is 8.88.